The van der Waals surface area contributed by atoms with Gasteiger partial charge in [0.1, 0.15) is 4.88 Å². The van der Waals surface area contributed by atoms with Crippen LogP contribution in [0.2, 0.25) is 0 Å². The summed E-state index contributed by atoms with van der Waals surface area (Å²) >= 11 is 1.52. The first-order valence-corrected chi connectivity index (χ1v) is 9.03. The van der Waals surface area contributed by atoms with Gasteiger partial charge >= 0.3 is 0 Å². The van der Waals surface area contributed by atoms with Crippen LogP contribution >= 0.6 is 36.2 Å². The molecule has 1 fully saturated rings. The zero-order chi connectivity index (χ0) is 16.2. The lowest BCUT2D eigenvalue weighted by Gasteiger charge is -2.16. The molecule has 1 aromatic heterocycles. The van der Waals surface area contributed by atoms with E-state index < -0.39 is 0 Å². The van der Waals surface area contributed by atoms with Crippen LogP contribution in [0, 0.1) is 5.92 Å². The number of thiazole rings is 1. The highest BCUT2D eigenvalue weighted by molar-refractivity contribution is 7.13. The fraction of sp³-hybridized carbons (Fsp3) is 0.444. The molecule has 1 aromatic carbocycles. The molecule has 138 valence electrons. The van der Waals surface area contributed by atoms with Gasteiger partial charge in [0.05, 0.1) is 11.2 Å². The van der Waals surface area contributed by atoms with Crippen LogP contribution in [-0.2, 0) is 6.42 Å². The number of nitrogens with zero attached hydrogens (tertiary/aromatic N) is 2. The Kier molecular flexibility index (Phi) is 8.86. The van der Waals surface area contributed by atoms with Crippen molar-refractivity contribution in [1.82, 2.24) is 9.88 Å². The standard InChI is InChI=1S/C18H23N3OS.2ClH/c1-2-6-17-20-10-16(23-17)18(22)21-11-14(9-19)15(12-21)13-7-4-3-5-8-13;;/h3-5,7-8,10,14-15H,2,6,9,11-12,19H2,1H3;2*1H/t14-,15+;;/m1../s1. The molecule has 2 N–H and O–H groups in total. The van der Waals surface area contributed by atoms with Crippen molar-refractivity contribution in [2.45, 2.75) is 25.7 Å². The molecule has 1 amide bonds. The first kappa shape index (κ1) is 21.9. The third kappa shape index (κ3) is 4.94. The van der Waals surface area contributed by atoms with Crippen LogP contribution in [0.3, 0.4) is 0 Å². The lowest BCUT2D eigenvalue weighted by atomic mass is 9.89. The van der Waals surface area contributed by atoms with Gasteiger partial charge in [-0.25, -0.2) is 4.98 Å². The first-order chi connectivity index (χ1) is 11.2. The van der Waals surface area contributed by atoms with Crippen molar-refractivity contribution in [3.8, 4) is 0 Å². The van der Waals surface area contributed by atoms with Gasteiger partial charge in [0, 0.05) is 19.0 Å². The molecule has 0 saturated carbocycles. The number of hydrogen-bond acceptors (Lipinski definition) is 4. The van der Waals surface area contributed by atoms with E-state index in [2.05, 4.69) is 24.0 Å². The lowest BCUT2D eigenvalue weighted by molar-refractivity contribution is 0.0791. The number of halogens is 2. The minimum absolute atomic E-state index is 0. The van der Waals surface area contributed by atoms with Crippen LogP contribution in [0.4, 0.5) is 0 Å². The van der Waals surface area contributed by atoms with Gasteiger partial charge in [-0.2, -0.15) is 0 Å². The molecule has 1 aliphatic heterocycles. The molecule has 2 aromatic rings. The zero-order valence-corrected chi connectivity index (χ0v) is 16.7. The maximum atomic E-state index is 12.8. The second kappa shape index (κ2) is 10.1. The summed E-state index contributed by atoms with van der Waals surface area (Å²) in [4.78, 5) is 19.8. The average molecular weight is 402 g/mol. The molecule has 0 unspecified atom stereocenters. The molecule has 3 rings (SSSR count). The van der Waals surface area contributed by atoms with Crippen molar-refractivity contribution >= 4 is 42.1 Å². The number of hydrogen-bond donors (Lipinski definition) is 1. The molecule has 0 spiro atoms. The highest BCUT2D eigenvalue weighted by Gasteiger charge is 2.36. The Morgan fingerprint density at radius 1 is 1.28 bits per heavy atom. The number of aromatic nitrogens is 1. The number of benzene rings is 1. The van der Waals surface area contributed by atoms with Crippen molar-refractivity contribution < 1.29 is 4.79 Å². The monoisotopic (exact) mass is 401 g/mol. The molecule has 7 heteroatoms. The van der Waals surface area contributed by atoms with Crippen molar-refractivity contribution in [2.75, 3.05) is 19.6 Å². The number of carbonyl (C=O) groups excluding carboxylic acids is 1. The Balaban J connectivity index is 0.00000156. The van der Waals surface area contributed by atoms with Crippen molar-refractivity contribution in [3.05, 3.63) is 52.0 Å². The van der Waals surface area contributed by atoms with Crippen LogP contribution in [-0.4, -0.2) is 35.4 Å². The van der Waals surface area contributed by atoms with Crippen LogP contribution in [0.5, 0.6) is 0 Å². The summed E-state index contributed by atoms with van der Waals surface area (Å²) < 4.78 is 0. The number of aryl methyl sites for hydroxylation is 1. The Bertz CT molecular complexity index is 665. The van der Waals surface area contributed by atoms with E-state index in [0.29, 0.717) is 18.4 Å². The van der Waals surface area contributed by atoms with Crippen LogP contribution in [0.25, 0.3) is 0 Å². The van der Waals surface area contributed by atoms with Gasteiger partial charge in [-0.1, -0.05) is 37.3 Å². The van der Waals surface area contributed by atoms with E-state index in [-0.39, 0.29) is 30.7 Å². The molecule has 0 aliphatic carbocycles. The van der Waals surface area contributed by atoms with Gasteiger partial charge in [-0.05, 0) is 30.9 Å². The van der Waals surface area contributed by atoms with E-state index >= 15 is 0 Å². The molecular weight excluding hydrogens is 377 g/mol. The molecular formula is C18H25Cl2N3OS. The van der Waals surface area contributed by atoms with E-state index in [9.17, 15) is 4.79 Å². The second-order valence-corrected chi connectivity index (χ2v) is 7.21. The summed E-state index contributed by atoms with van der Waals surface area (Å²) in [5.74, 6) is 0.749. The molecule has 25 heavy (non-hydrogen) atoms. The fourth-order valence-electron chi connectivity index (χ4n) is 3.25. The van der Waals surface area contributed by atoms with Gasteiger partial charge in [0.15, 0.2) is 0 Å². The molecule has 4 nitrogen and oxygen atoms in total. The quantitative estimate of drug-likeness (QED) is 0.829. The molecule has 0 bridgehead atoms. The summed E-state index contributed by atoms with van der Waals surface area (Å²) in [6, 6.07) is 10.4. The number of carbonyl (C=O) groups is 1. The fourth-order valence-corrected chi connectivity index (χ4v) is 4.24. The molecule has 2 heterocycles. The summed E-state index contributed by atoms with van der Waals surface area (Å²) in [5.41, 5.74) is 7.23. The van der Waals surface area contributed by atoms with E-state index in [4.69, 9.17) is 5.73 Å². The van der Waals surface area contributed by atoms with E-state index in [1.54, 1.807) is 6.20 Å². The summed E-state index contributed by atoms with van der Waals surface area (Å²) in [5, 5.41) is 1.05. The van der Waals surface area contributed by atoms with Gasteiger partial charge in [0.2, 0.25) is 0 Å². The molecule has 1 saturated heterocycles. The number of likely N-dealkylation sites (tertiary alicyclic amines) is 1. The zero-order valence-electron chi connectivity index (χ0n) is 14.3. The third-order valence-electron chi connectivity index (χ3n) is 4.49. The topological polar surface area (TPSA) is 59.2 Å². The minimum atomic E-state index is 0. The first-order valence-electron chi connectivity index (χ1n) is 8.22. The van der Waals surface area contributed by atoms with Gasteiger partial charge < -0.3 is 10.6 Å². The van der Waals surface area contributed by atoms with Crippen LogP contribution in [0.15, 0.2) is 36.5 Å². The number of amides is 1. The Morgan fingerprint density at radius 3 is 2.64 bits per heavy atom. The normalized spacial score (nSPS) is 19.2. The van der Waals surface area contributed by atoms with Gasteiger partial charge in [-0.15, -0.1) is 36.2 Å². The Labute approximate surface area is 165 Å². The summed E-state index contributed by atoms with van der Waals surface area (Å²) in [7, 11) is 0. The SMILES string of the molecule is CCCc1ncc(C(=O)N2C[C@@H](CN)[C@H](c3ccccc3)C2)s1.Cl.Cl. The average Bonchev–Trinajstić information content (AvgIpc) is 3.22. The maximum absolute atomic E-state index is 12.8. The van der Waals surface area contributed by atoms with Crippen molar-refractivity contribution in [3.63, 3.8) is 0 Å². The predicted molar refractivity (Wildman–Crippen MR) is 108 cm³/mol. The molecule has 2 atom stereocenters. The van der Waals surface area contributed by atoms with Crippen LogP contribution < -0.4 is 5.73 Å². The second-order valence-electron chi connectivity index (χ2n) is 6.09. The van der Waals surface area contributed by atoms with Crippen LogP contribution in [0.1, 0.15) is 39.5 Å². The highest BCUT2D eigenvalue weighted by atomic mass is 35.5. The van der Waals surface area contributed by atoms with Gasteiger partial charge in [-0.3, -0.25) is 4.79 Å². The van der Waals surface area contributed by atoms with Gasteiger partial charge in [0.25, 0.3) is 5.91 Å². The number of rotatable bonds is 5. The highest BCUT2D eigenvalue weighted by Crippen LogP contribution is 2.33. The summed E-state index contributed by atoms with van der Waals surface area (Å²) in [6.45, 7) is 4.20. The third-order valence-corrected chi connectivity index (χ3v) is 5.53. The lowest BCUT2D eigenvalue weighted by Crippen LogP contribution is -2.29. The molecule has 1 aliphatic rings. The largest absolute Gasteiger partial charge is 0.337 e. The van der Waals surface area contributed by atoms with E-state index in [0.717, 1.165) is 35.8 Å². The van der Waals surface area contributed by atoms with E-state index in [1.165, 1.54) is 16.9 Å². The molecule has 0 radical (unpaired) electrons. The Hall–Kier alpha value is -1.14. The summed E-state index contributed by atoms with van der Waals surface area (Å²) in [6.07, 6.45) is 3.72. The Morgan fingerprint density at radius 2 is 2.00 bits per heavy atom. The minimum Gasteiger partial charge on any atom is -0.337 e. The van der Waals surface area contributed by atoms with E-state index in [1.807, 2.05) is 23.1 Å². The van der Waals surface area contributed by atoms with Crippen molar-refractivity contribution in [1.29, 1.82) is 0 Å². The maximum Gasteiger partial charge on any atom is 0.265 e. The smallest absolute Gasteiger partial charge is 0.265 e. The predicted octanol–water partition coefficient (Wildman–Crippen LogP) is 3.75. The van der Waals surface area contributed by atoms with Crippen molar-refractivity contribution in [2.24, 2.45) is 11.7 Å². The number of nitrogens with two attached hydrogens (primary N) is 1.